The normalized spacial score (nSPS) is 15.6. The second-order valence-corrected chi connectivity index (χ2v) is 8.80. The lowest BCUT2D eigenvalue weighted by atomic mass is 10.2. The number of benzene rings is 2. The van der Waals surface area contributed by atoms with E-state index in [0.717, 1.165) is 5.56 Å². The average molecular weight is 417 g/mol. The Balaban J connectivity index is 1.46. The predicted molar refractivity (Wildman–Crippen MR) is 108 cm³/mol. The molecule has 1 aliphatic rings. The van der Waals surface area contributed by atoms with Crippen molar-refractivity contribution in [2.45, 2.75) is 11.8 Å². The van der Waals surface area contributed by atoms with Gasteiger partial charge in [0, 0.05) is 31.7 Å². The number of nitrogens with zero attached hydrogens (tertiary/aromatic N) is 2. The van der Waals surface area contributed by atoms with Crippen molar-refractivity contribution in [2.24, 2.45) is 0 Å². The van der Waals surface area contributed by atoms with Crippen molar-refractivity contribution >= 4 is 21.8 Å². The fraction of sp³-hybridized carbons (Fsp3) is 0.300. The molecule has 9 heteroatoms. The summed E-state index contributed by atoms with van der Waals surface area (Å²) < 4.78 is 26.9. The Bertz CT molecular complexity index is 954. The molecule has 0 unspecified atom stereocenters. The van der Waals surface area contributed by atoms with Gasteiger partial charge in [0.1, 0.15) is 0 Å². The first-order chi connectivity index (χ1) is 13.9. The SMILES string of the molecule is Cc1ccc(S(=O)(=O)N2CCN(CC(=O)NNC(=O)c3ccccc3)CC2)cc1. The van der Waals surface area contributed by atoms with Crippen molar-refractivity contribution in [1.29, 1.82) is 0 Å². The molecule has 2 aromatic carbocycles. The fourth-order valence-electron chi connectivity index (χ4n) is 3.02. The summed E-state index contributed by atoms with van der Waals surface area (Å²) in [6, 6.07) is 15.3. The van der Waals surface area contributed by atoms with E-state index >= 15 is 0 Å². The Labute approximate surface area is 170 Å². The van der Waals surface area contributed by atoms with E-state index in [4.69, 9.17) is 0 Å². The third-order valence-electron chi connectivity index (χ3n) is 4.71. The number of hydrogen-bond donors (Lipinski definition) is 2. The van der Waals surface area contributed by atoms with Gasteiger partial charge in [0.15, 0.2) is 0 Å². The molecule has 0 saturated carbocycles. The highest BCUT2D eigenvalue weighted by atomic mass is 32.2. The second-order valence-electron chi connectivity index (χ2n) is 6.86. The number of hydrogen-bond acceptors (Lipinski definition) is 5. The maximum Gasteiger partial charge on any atom is 0.269 e. The largest absolute Gasteiger partial charge is 0.292 e. The standard InChI is InChI=1S/C20H24N4O4S/c1-16-7-9-18(10-8-16)29(27,28)24-13-11-23(12-14-24)15-19(25)21-22-20(26)17-5-3-2-4-6-17/h2-10H,11-15H2,1H3,(H,21,25)(H,22,26). The van der Waals surface area contributed by atoms with Crippen LogP contribution >= 0.6 is 0 Å². The molecule has 0 spiro atoms. The summed E-state index contributed by atoms with van der Waals surface area (Å²) in [5.74, 6) is -0.753. The van der Waals surface area contributed by atoms with Crippen LogP contribution in [0.4, 0.5) is 0 Å². The molecule has 0 bridgehead atoms. The highest BCUT2D eigenvalue weighted by molar-refractivity contribution is 7.89. The molecule has 0 radical (unpaired) electrons. The van der Waals surface area contributed by atoms with E-state index < -0.39 is 15.9 Å². The summed E-state index contributed by atoms with van der Waals surface area (Å²) in [6.07, 6.45) is 0. The van der Waals surface area contributed by atoms with Crippen LogP contribution in [0.2, 0.25) is 0 Å². The van der Waals surface area contributed by atoms with Crippen LogP contribution in [0.5, 0.6) is 0 Å². The summed E-state index contributed by atoms with van der Waals surface area (Å²) in [5, 5.41) is 0. The minimum Gasteiger partial charge on any atom is -0.292 e. The lowest BCUT2D eigenvalue weighted by Gasteiger charge is -2.33. The molecule has 154 valence electrons. The number of rotatable bonds is 5. The maximum atomic E-state index is 12.7. The molecule has 3 rings (SSSR count). The number of carbonyl (C=O) groups excluding carboxylic acids is 2. The van der Waals surface area contributed by atoms with Crippen molar-refractivity contribution in [1.82, 2.24) is 20.1 Å². The van der Waals surface area contributed by atoms with E-state index in [-0.39, 0.29) is 17.3 Å². The van der Waals surface area contributed by atoms with E-state index in [1.54, 1.807) is 54.6 Å². The third kappa shape index (κ3) is 5.41. The van der Waals surface area contributed by atoms with Crippen LogP contribution in [0.3, 0.4) is 0 Å². The second kappa shape index (κ2) is 9.17. The van der Waals surface area contributed by atoms with E-state index in [9.17, 15) is 18.0 Å². The molecule has 8 nitrogen and oxygen atoms in total. The lowest BCUT2D eigenvalue weighted by molar-refractivity contribution is -0.123. The van der Waals surface area contributed by atoms with Crippen molar-refractivity contribution in [3.8, 4) is 0 Å². The Morgan fingerprint density at radius 2 is 1.52 bits per heavy atom. The molecule has 0 atom stereocenters. The van der Waals surface area contributed by atoms with Crippen molar-refractivity contribution in [3.05, 3.63) is 65.7 Å². The van der Waals surface area contributed by atoms with E-state index in [0.29, 0.717) is 31.7 Å². The number of piperazine rings is 1. The molecular weight excluding hydrogens is 392 g/mol. The Morgan fingerprint density at radius 1 is 0.897 bits per heavy atom. The van der Waals surface area contributed by atoms with Crippen molar-refractivity contribution in [2.75, 3.05) is 32.7 Å². The van der Waals surface area contributed by atoms with Gasteiger partial charge in [0.2, 0.25) is 10.0 Å². The molecule has 2 aromatic rings. The van der Waals surface area contributed by atoms with Gasteiger partial charge in [-0.3, -0.25) is 25.3 Å². The van der Waals surface area contributed by atoms with Gasteiger partial charge in [-0.05, 0) is 31.2 Å². The Kier molecular flexibility index (Phi) is 6.63. The van der Waals surface area contributed by atoms with Crippen LogP contribution in [0.1, 0.15) is 15.9 Å². The summed E-state index contributed by atoms with van der Waals surface area (Å²) in [5.41, 5.74) is 6.21. The molecule has 2 N–H and O–H groups in total. The zero-order valence-corrected chi connectivity index (χ0v) is 17.0. The van der Waals surface area contributed by atoms with Gasteiger partial charge in [0.05, 0.1) is 11.4 Å². The Hall–Kier alpha value is -2.75. The van der Waals surface area contributed by atoms with Gasteiger partial charge < -0.3 is 0 Å². The summed E-state index contributed by atoms with van der Waals surface area (Å²) in [7, 11) is -3.53. The van der Waals surface area contributed by atoms with Crippen LogP contribution in [-0.2, 0) is 14.8 Å². The number of carbonyl (C=O) groups is 2. The maximum absolute atomic E-state index is 12.7. The number of nitrogens with one attached hydrogen (secondary N) is 2. The van der Waals surface area contributed by atoms with Gasteiger partial charge in [-0.2, -0.15) is 4.31 Å². The molecule has 0 aromatic heterocycles. The molecule has 0 aliphatic carbocycles. The lowest BCUT2D eigenvalue weighted by Crippen LogP contribution is -2.52. The smallest absolute Gasteiger partial charge is 0.269 e. The first-order valence-corrected chi connectivity index (χ1v) is 10.7. The number of hydrazine groups is 1. The summed E-state index contributed by atoms with van der Waals surface area (Å²) in [4.78, 5) is 26.1. The average Bonchev–Trinajstić information content (AvgIpc) is 2.73. The monoisotopic (exact) mass is 416 g/mol. The van der Waals surface area contributed by atoms with Gasteiger partial charge in [-0.25, -0.2) is 8.42 Å². The highest BCUT2D eigenvalue weighted by Crippen LogP contribution is 2.18. The topological polar surface area (TPSA) is 98.8 Å². The van der Waals surface area contributed by atoms with E-state index in [1.807, 2.05) is 11.8 Å². The van der Waals surface area contributed by atoms with Crippen molar-refractivity contribution in [3.63, 3.8) is 0 Å². The van der Waals surface area contributed by atoms with Gasteiger partial charge in [-0.15, -0.1) is 0 Å². The summed E-state index contributed by atoms with van der Waals surface area (Å²) in [6.45, 7) is 3.46. The predicted octanol–water partition coefficient (Wildman–Crippen LogP) is 0.763. The first-order valence-electron chi connectivity index (χ1n) is 9.30. The molecule has 1 saturated heterocycles. The summed E-state index contributed by atoms with van der Waals surface area (Å²) >= 11 is 0. The molecule has 1 aliphatic heterocycles. The third-order valence-corrected chi connectivity index (χ3v) is 6.62. The first kappa shape index (κ1) is 21.0. The van der Waals surface area contributed by atoms with Gasteiger partial charge >= 0.3 is 0 Å². The van der Waals surface area contributed by atoms with Crippen LogP contribution < -0.4 is 10.9 Å². The molecule has 1 fully saturated rings. The van der Waals surface area contributed by atoms with Gasteiger partial charge in [0.25, 0.3) is 11.8 Å². The quantitative estimate of drug-likeness (QED) is 0.702. The number of aryl methyl sites for hydroxylation is 1. The zero-order chi connectivity index (χ0) is 20.9. The van der Waals surface area contributed by atoms with Crippen LogP contribution in [0, 0.1) is 6.92 Å². The van der Waals surface area contributed by atoms with E-state index in [1.165, 1.54) is 4.31 Å². The highest BCUT2D eigenvalue weighted by Gasteiger charge is 2.29. The molecule has 2 amide bonds. The zero-order valence-electron chi connectivity index (χ0n) is 16.2. The van der Waals surface area contributed by atoms with Crippen molar-refractivity contribution < 1.29 is 18.0 Å². The molecule has 29 heavy (non-hydrogen) atoms. The minimum atomic E-state index is -3.53. The molecular formula is C20H24N4O4S. The number of amides is 2. The van der Waals surface area contributed by atoms with Crippen LogP contribution in [0.25, 0.3) is 0 Å². The number of sulfonamides is 1. The molecule has 1 heterocycles. The van der Waals surface area contributed by atoms with Crippen LogP contribution in [0.15, 0.2) is 59.5 Å². The minimum absolute atomic E-state index is 0.0769. The van der Waals surface area contributed by atoms with Crippen LogP contribution in [-0.4, -0.2) is 62.2 Å². The van der Waals surface area contributed by atoms with Gasteiger partial charge in [-0.1, -0.05) is 35.9 Å². The van der Waals surface area contributed by atoms with E-state index in [2.05, 4.69) is 10.9 Å². The fourth-order valence-corrected chi connectivity index (χ4v) is 4.44. The Morgan fingerprint density at radius 3 is 2.14 bits per heavy atom.